The molecule has 0 spiro atoms. The zero-order valence-electron chi connectivity index (χ0n) is 13.1. The van der Waals surface area contributed by atoms with Crippen LogP contribution in [0.3, 0.4) is 0 Å². The molecule has 3 amide bonds. The number of likely N-dealkylation sites (tertiary alicyclic amines) is 1. The lowest BCUT2D eigenvalue weighted by molar-refractivity contribution is -0.142. The van der Waals surface area contributed by atoms with E-state index >= 15 is 0 Å². The largest absolute Gasteiger partial charge is 0.324 e. The van der Waals surface area contributed by atoms with Crippen LogP contribution >= 0.6 is 11.8 Å². The number of amides is 3. The maximum atomic E-state index is 12.4. The Kier molecular flexibility index (Phi) is 4.71. The van der Waals surface area contributed by atoms with Gasteiger partial charge >= 0.3 is 0 Å². The standard InChI is InChI=1S/C17H20N2O3S/c1-23-14-9-5-4-8-13(14)18-15(20)10-19-16(21)11-6-2-3-7-12(11)17(19)22/h4-5,8-9,11-12H,2-3,6-7,10H2,1H3,(H,18,20). The van der Waals surface area contributed by atoms with E-state index in [0.717, 1.165) is 35.5 Å². The smallest absolute Gasteiger partial charge is 0.244 e. The predicted molar refractivity (Wildman–Crippen MR) is 89.0 cm³/mol. The van der Waals surface area contributed by atoms with E-state index in [2.05, 4.69) is 5.32 Å². The van der Waals surface area contributed by atoms with Crippen molar-refractivity contribution in [1.82, 2.24) is 4.90 Å². The molecule has 1 aliphatic heterocycles. The highest BCUT2D eigenvalue weighted by Crippen LogP contribution is 2.37. The van der Waals surface area contributed by atoms with Crippen LogP contribution in [0.5, 0.6) is 0 Å². The third-order valence-corrected chi connectivity index (χ3v) is 5.41. The molecule has 1 saturated carbocycles. The lowest BCUT2D eigenvalue weighted by Gasteiger charge is -2.19. The second kappa shape index (κ2) is 6.74. The Labute approximate surface area is 139 Å². The molecule has 2 atom stereocenters. The molecule has 0 bridgehead atoms. The number of para-hydroxylation sites is 1. The summed E-state index contributed by atoms with van der Waals surface area (Å²) in [6, 6.07) is 7.48. The molecule has 0 aromatic heterocycles. The molecule has 1 aromatic carbocycles. The summed E-state index contributed by atoms with van der Waals surface area (Å²) in [5.74, 6) is -1.09. The van der Waals surface area contributed by atoms with Gasteiger partial charge in [0.25, 0.3) is 0 Å². The van der Waals surface area contributed by atoms with Crippen LogP contribution in [0, 0.1) is 11.8 Å². The average molecular weight is 332 g/mol. The van der Waals surface area contributed by atoms with Gasteiger partial charge in [0.15, 0.2) is 0 Å². The first-order valence-electron chi connectivity index (χ1n) is 7.90. The molecule has 23 heavy (non-hydrogen) atoms. The molecule has 5 nitrogen and oxygen atoms in total. The third kappa shape index (κ3) is 3.13. The van der Waals surface area contributed by atoms with E-state index in [9.17, 15) is 14.4 Å². The molecule has 1 saturated heterocycles. The molecule has 2 aliphatic rings. The van der Waals surface area contributed by atoms with E-state index in [1.807, 2.05) is 30.5 Å². The van der Waals surface area contributed by atoms with E-state index in [4.69, 9.17) is 0 Å². The minimum Gasteiger partial charge on any atom is -0.324 e. The van der Waals surface area contributed by atoms with Gasteiger partial charge in [-0.05, 0) is 31.2 Å². The van der Waals surface area contributed by atoms with Gasteiger partial charge in [-0.3, -0.25) is 19.3 Å². The Balaban J connectivity index is 1.68. The molecule has 3 rings (SSSR count). The van der Waals surface area contributed by atoms with Gasteiger partial charge in [-0.15, -0.1) is 11.8 Å². The van der Waals surface area contributed by atoms with Crippen LogP contribution in [0.2, 0.25) is 0 Å². The van der Waals surface area contributed by atoms with Gasteiger partial charge in [-0.2, -0.15) is 0 Å². The van der Waals surface area contributed by atoms with Crippen LogP contribution in [0.4, 0.5) is 5.69 Å². The quantitative estimate of drug-likeness (QED) is 0.680. The Morgan fingerprint density at radius 3 is 2.39 bits per heavy atom. The van der Waals surface area contributed by atoms with Gasteiger partial charge in [0.2, 0.25) is 17.7 Å². The van der Waals surface area contributed by atoms with Crippen molar-refractivity contribution in [3.63, 3.8) is 0 Å². The number of nitrogens with one attached hydrogen (secondary N) is 1. The SMILES string of the molecule is CSc1ccccc1NC(=O)CN1C(=O)C2CCCCC2C1=O. The summed E-state index contributed by atoms with van der Waals surface area (Å²) >= 11 is 1.54. The lowest BCUT2D eigenvalue weighted by atomic mass is 9.81. The molecule has 2 unspecified atom stereocenters. The number of thioether (sulfide) groups is 1. The fraction of sp³-hybridized carbons (Fsp3) is 0.471. The summed E-state index contributed by atoms with van der Waals surface area (Å²) < 4.78 is 0. The van der Waals surface area contributed by atoms with Crippen LogP contribution in [0.15, 0.2) is 29.2 Å². The van der Waals surface area contributed by atoms with E-state index in [0.29, 0.717) is 5.69 Å². The topological polar surface area (TPSA) is 66.5 Å². The van der Waals surface area contributed by atoms with Crippen molar-refractivity contribution < 1.29 is 14.4 Å². The Hall–Kier alpha value is -1.82. The first-order chi connectivity index (χ1) is 11.1. The summed E-state index contributed by atoms with van der Waals surface area (Å²) in [4.78, 5) is 39.1. The minimum atomic E-state index is -0.327. The zero-order chi connectivity index (χ0) is 16.4. The van der Waals surface area contributed by atoms with E-state index < -0.39 is 0 Å². The van der Waals surface area contributed by atoms with Crippen LogP contribution in [-0.2, 0) is 14.4 Å². The molecule has 1 heterocycles. The number of rotatable bonds is 4. The van der Waals surface area contributed by atoms with Gasteiger partial charge in [0, 0.05) is 4.90 Å². The summed E-state index contributed by atoms with van der Waals surface area (Å²) in [5.41, 5.74) is 0.710. The van der Waals surface area contributed by atoms with Crippen LogP contribution < -0.4 is 5.32 Å². The monoisotopic (exact) mass is 332 g/mol. The molecular formula is C17H20N2O3S. The van der Waals surface area contributed by atoms with Crippen molar-refractivity contribution in [2.75, 3.05) is 18.1 Å². The number of anilines is 1. The van der Waals surface area contributed by atoms with Crippen LogP contribution in [0.25, 0.3) is 0 Å². The van der Waals surface area contributed by atoms with E-state index in [1.54, 1.807) is 0 Å². The van der Waals surface area contributed by atoms with Crippen molar-refractivity contribution in [2.45, 2.75) is 30.6 Å². The fourth-order valence-corrected chi connectivity index (χ4v) is 4.02. The van der Waals surface area contributed by atoms with Crippen molar-refractivity contribution >= 4 is 35.2 Å². The van der Waals surface area contributed by atoms with Gasteiger partial charge in [-0.1, -0.05) is 25.0 Å². The lowest BCUT2D eigenvalue weighted by Crippen LogP contribution is -2.38. The Morgan fingerprint density at radius 1 is 1.17 bits per heavy atom. The molecule has 1 aromatic rings. The Bertz CT molecular complexity index is 622. The number of nitrogens with zero attached hydrogens (tertiary/aromatic N) is 1. The number of carbonyl (C=O) groups is 3. The normalized spacial score (nSPS) is 23.8. The second-order valence-electron chi connectivity index (χ2n) is 6.01. The number of imide groups is 1. The first kappa shape index (κ1) is 16.1. The van der Waals surface area contributed by atoms with Crippen LogP contribution in [-0.4, -0.2) is 35.4 Å². The molecule has 122 valence electrons. The number of benzene rings is 1. The van der Waals surface area contributed by atoms with Crippen molar-refractivity contribution in [1.29, 1.82) is 0 Å². The van der Waals surface area contributed by atoms with Crippen molar-refractivity contribution in [2.24, 2.45) is 11.8 Å². The summed E-state index contributed by atoms with van der Waals surface area (Å²) in [7, 11) is 0. The molecular weight excluding hydrogens is 312 g/mol. The van der Waals surface area contributed by atoms with Crippen LogP contribution in [0.1, 0.15) is 25.7 Å². The summed E-state index contributed by atoms with van der Waals surface area (Å²) in [5, 5.41) is 2.80. The average Bonchev–Trinajstić information content (AvgIpc) is 2.81. The van der Waals surface area contributed by atoms with Crippen molar-refractivity contribution in [3.05, 3.63) is 24.3 Å². The predicted octanol–water partition coefficient (Wildman–Crippen LogP) is 2.52. The summed E-state index contributed by atoms with van der Waals surface area (Å²) in [6.45, 7) is -0.187. The van der Waals surface area contributed by atoms with Gasteiger partial charge in [0.05, 0.1) is 17.5 Å². The molecule has 6 heteroatoms. The van der Waals surface area contributed by atoms with E-state index in [-0.39, 0.29) is 36.1 Å². The maximum absolute atomic E-state index is 12.4. The summed E-state index contributed by atoms with van der Waals surface area (Å²) in [6.07, 6.45) is 5.44. The highest BCUT2D eigenvalue weighted by molar-refractivity contribution is 7.98. The second-order valence-corrected chi connectivity index (χ2v) is 6.86. The number of hydrogen-bond acceptors (Lipinski definition) is 4. The van der Waals surface area contributed by atoms with Crippen molar-refractivity contribution in [3.8, 4) is 0 Å². The van der Waals surface area contributed by atoms with Gasteiger partial charge in [-0.25, -0.2) is 0 Å². The van der Waals surface area contributed by atoms with Gasteiger partial charge < -0.3 is 5.32 Å². The highest BCUT2D eigenvalue weighted by atomic mass is 32.2. The Morgan fingerprint density at radius 2 is 1.78 bits per heavy atom. The maximum Gasteiger partial charge on any atom is 0.244 e. The minimum absolute atomic E-state index is 0.173. The molecule has 1 aliphatic carbocycles. The highest BCUT2D eigenvalue weighted by Gasteiger charge is 2.48. The third-order valence-electron chi connectivity index (χ3n) is 4.62. The van der Waals surface area contributed by atoms with E-state index in [1.165, 1.54) is 11.8 Å². The molecule has 2 fully saturated rings. The molecule has 1 N–H and O–H groups in total. The molecule has 0 radical (unpaired) electrons. The van der Waals surface area contributed by atoms with Gasteiger partial charge in [0.1, 0.15) is 6.54 Å². The number of fused-ring (bicyclic) bond motifs is 1. The number of hydrogen-bond donors (Lipinski definition) is 1. The number of carbonyl (C=O) groups excluding carboxylic acids is 3. The first-order valence-corrected chi connectivity index (χ1v) is 9.12. The fourth-order valence-electron chi connectivity index (χ4n) is 3.47. The zero-order valence-corrected chi connectivity index (χ0v) is 13.9.